The Balaban J connectivity index is 3.72. The molecule has 2 nitrogen and oxygen atoms in total. The van der Waals surface area contributed by atoms with Crippen LogP contribution in [0.25, 0.3) is 0 Å². The monoisotopic (exact) mass is 154 g/mol. The van der Waals surface area contributed by atoms with Gasteiger partial charge in [0.25, 0.3) is 0 Å². The molecular formula is C9H18N2. The average molecular weight is 154 g/mol. The van der Waals surface area contributed by atoms with Crippen LogP contribution in [0.15, 0.2) is 16.8 Å². The van der Waals surface area contributed by atoms with E-state index in [1.165, 1.54) is 6.42 Å². The van der Waals surface area contributed by atoms with Crippen LogP contribution in [0, 0.1) is 5.92 Å². The molecule has 0 aliphatic rings. The molecule has 0 aliphatic carbocycles. The second kappa shape index (κ2) is 5.96. The van der Waals surface area contributed by atoms with Crippen LogP contribution in [0.1, 0.15) is 33.6 Å². The molecule has 0 aromatic rings. The van der Waals surface area contributed by atoms with Gasteiger partial charge in [-0.15, -0.1) is 0 Å². The van der Waals surface area contributed by atoms with Gasteiger partial charge in [0, 0.05) is 6.21 Å². The van der Waals surface area contributed by atoms with Gasteiger partial charge in [-0.25, -0.2) is 0 Å². The summed E-state index contributed by atoms with van der Waals surface area (Å²) in [4.78, 5) is 0. The lowest BCUT2D eigenvalue weighted by Crippen LogP contribution is -1.90. The molecule has 0 aromatic heterocycles. The molecule has 0 saturated heterocycles. The summed E-state index contributed by atoms with van der Waals surface area (Å²) in [6, 6.07) is 0. The quantitative estimate of drug-likeness (QED) is 0.376. The SMILES string of the molecule is CCC(C)C/C=C(C)/C=N\N. The fourth-order valence-corrected chi connectivity index (χ4v) is 0.724. The van der Waals surface area contributed by atoms with Gasteiger partial charge in [0.1, 0.15) is 0 Å². The molecule has 0 saturated carbocycles. The molecule has 0 spiro atoms. The molecule has 0 radical (unpaired) electrons. The Kier molecular flexibility index (Phi) is 5.53. The molecule has 0 bridgehead atoms. The van der Waals surface area contributed by atoms with E-state index in [1.54, 1.807) is 6.21 Å². The topological polar surface area (TPSA) is 38.4 Å². The molecule has 2 heteroatoms. The zero-order valence-corrected chi connectivity index (χ0v) is 7.67. The summed E-state index contributed by atoms with van der Waals surface area (Å²) in [5.74, 6) is 5.76. The maximum Gasteiger partial charge on any atom is 0.0491 e. The standard InChI is InChI=1S/C9H18N2/c1-4-8(2)5-6-9(3)7-11-10/h6-8H,4-5,10H2,1-3H3/b9-6+,11-7-. The molecule has 11 heavy (non-hydrogen) atoms. The normalized spacial score (nSPS) is 15.7. The molecule has 2 N–H and O–H groups in total. The molecule has 0 heterocycles. The third-order valence-electron chi connectivity index (χ3n) is 1.82. The van der Waals surface area contributed by atoms with Crippen molar-refractivity contribution < 1.29 is 0 Å². The fourth-order valence-electron chi connectivity index (χ4n) is 0.724. The van der Waals surface area contributed by atoms with Crippen molar-refractivity contribution in [1.29, 1.82) is 0 Å². The first-order valence-electron chi connectivity index (χ1n) is 4.10. The fraction of sp³-hybridized carbons (Fsp3) is 0.667. The first-order valence-corrected chi connectivity index (χ1v) is 4.10. The number of rotatable bonds is 4. The van der Waals surface area contributed by atoms with Crippen molar-refractivity contribution in [2.24, 2.45) is 16.9 Å². The maximum absolute atomic E-state index is 5.00. The van der Waals surface area contributed by atoms with E-state index in [1.807, 2.05) is 6.92 Å². The van der Waals surface area contributed by atoms with Crippen LogP contribution in [0.5, 0.6) is 0 Å². The van der Waals surface area contributed by atoms with E-state index in [-0.39, 0.29) is 0 Å². The van der Waals surface area contributed by atoms with Crippen LogP contribution in [0.3, 0.4) is 0 Å². The molecule has 0 amide bonds. The molecule has 0 aromatic carbocycles. The first-order chi connectivity index (χ1) is 5.20. The van der Waals surface area contributed by atoms with Crippen molar-refractivity contribution in [1.82, 2.24) is 0 Å². The van der Waals surface area contributed by atoms with Crippen molar-refractivity contribution in [2.45, 2.75) is 33.6 Å². The van der Waals surface area contributed by atoms with Gasteiger partial charge in [0.15, 0.2) is 0 Å². The van der Waals surface area contributed by atoms with Gasteiger partial charge < -0.3 is 5.84 Å². The van der Waals surface area contributed by atoms with Gasteiger partial charge in [0.2, 0.25) is 0 Å². The summed E-state index contributed by atoms with van der Waals surface area (Å²) in [5, 5.41) is 3.45. The smallest absolute Gasteiger partial charge is 0.0491 e. The van der Waals surface area contributed by atoms with Crippen molar-refractivity contribution in [2.75, 3.05) is 0 Å². The Morgan fingerprint density at radius 2 is 2.27 bits per heavy atom. The summed E-state index contributed by atoms with van der Waals surface area (Å²) >= 11 is 0. The zero-order valence-electron chi connectivity index (χ0n) is 7.67. The largest absolute Gasteiger partial charge is 0.323 e. The number of nitrogens with two attached hydrogens (primary N) is 1. The van der Waals surface area contributed by atoms with Crippen molar-refractivity contribution >= 4 is 6.21 Å². The van der Waals surface area contributed by atoms with Crippen molar-refractivity contribution in [3.8, 4) is 0 Å². The Labute approximate surface area is 69.2 Å². The van der Waals surface area contributed by atoms with Gasteiger partial charge in [-0.1, -0.05) is 26.3 Å². The van der Waals surface area contributed by atoms with Crippen LogP contribution < -0.4 is 5.84 Å². The van der Waals surface area contributed by atoms with Crippen molar-refractivity contribution in [3.63, 3.8) is 0 Å². The summed E-state index contributed by atoms with van der Waals surface area (Å²) in [7, 11) is 0. The van der Waals surface area contributed by atoms with Crippen LogP contribution in [0.4, 0.5) is 0 Å². The van der Waals surface area contributed by atoms with E-state index >= 15 is 0 Å². The van der Waals surface area contributed by atoms with Gasteiger partial charge >= 0.3 is 0 Å². The molecule has 64 valence electrons. The highest BCUT2D eigenvalue weighted by molar-refractivity contribution is 5.77. The van der Waals surface area contributed by atoms with Gasteiger partial charge in [-0.3, -0.25) is 0 Å². The number of nitrogens with zero attached hydrogens (tertiary/aromatic N) is 1. The van der Waals surface area contributed by atoms with Gasteiger partial charge in [-0.05, 0) is 24.8 Å². The third-order valence-corrected chi connectivity index (χ3v) is 1.82. The highest BCUT2D eigenvalue weighted by atomic mass is 15.1. The minimum atomic E-state index is 0.760. The molecule has 0 aliphatic heterocycles. The number of allylic oxidation sites excluding steroid dienone is 2. The Hall–Kier alpha value is -0.790. The van der Waals surface area contributed by atoms with Crippen LogP contribution in [-0.4, -0.2) is 6.21 Å². The van der Waals surface area contributed by atoms with Crippen LogP contribution >= 0.6 is 0 Å². The molecule has 1 unspecified atom stereocenters. The van der Waals surface area contributed by atoms with Gasteiger partial charge in [0.05, 0.1) is 0 Å². The van der Waals surface area contributed by atoms with E-state index in [9.17, 15) is 0 Å². The summed E-state index contributed by atoms with van der Waals surface area (Å²) in [6.07, 6.45) is 6.20. The second-order valence-corrected chi connectivity index (χ2v) is 2.98. The Morgan fingerprint density at radius 1 is 1.64 bits per heavy atom. The number of hydrazone groups is 1. The van der Waals surface area contributed by atoms with E-state index in [0.717, 1.165) is 17.9 Å². The highest BCUT2D eigenvalue weighted by Crippen LogP contribution is 2.07. The minimum absolute atomic E-state index is 0.760. The lowest BCUT2D eigenvalue weighted by Gasteiger charge is -2.02. The van der Waals surface area contributed by atoms with Gasteiger partial charge in [-0.2, -0.15) is 5.10 Å². The average Bonchev–Trinajstić information content (AvgIpc) is 2.01. The summed E-state index contributed by atoms with van der Waals surface area (Å²) in [5.41, 5.74) is 1.15. The number of hydrogen-bond donors (Lipinski definition) is 1. The Morgan fingerprint density at radius 3 is 2.73 bits per heavy atom. The Bertz CT molecular complexity index is 148. The third kappa shape index (κ3) is 5.64. The lowest BCUT2D eigenvalue weighted by atomic mass is 10.0. The zero-order chi connectivity index (χ0) is 8.69. The van der Waals surface area contributed by atoms with E-state index in [4.69, 9.17) is 5.84 Å². The molecular weight excluding hydrogens is 136 g/mol. The molecule has 1 atom stereocenters. The van der Waals surface area contributed by atoms with E-state index in [2.05, 4.69) is 25.0 Å². The van der Waals surface area contributed by atoms with E-state index in [0.29, 0.717) is 0 Å². The first kappa shape index (κ1) is 10.2. The highest BCUT2D eigenvalue weighted by Gasteiger charge is 1.94. The predicted molar refractivity (Wildman–Crippen MR) is 50.5 cm³/mol. The number of hydrogen-bond acceptors (Lipinski definition) is 2. The van der Waals surface area contributed by atoms with Crippen LogP contribution in [0.2, 0.25) is 0 Å². The lowest BCUT2D eigenvalue weighted by molar-refractivity contribution is 0.571. The summed E-state index contributed by atoms with van der Waals surface area (Å²) < 4.78 is 0. The minimum Gasteiger partial charge on any atom is -0.323 e. The second-order valence-electron chi connectivity index (χ2n) is 2.98. The maximum atomic E-state index is 5.00. The summed E-state index contributed by atoms with van der Waals surface area (Å²) in [6.45, 7) is 6.45. The molecule has 0 rings (SSSR count). The van der Waals surface area contributed by atoms with E-state index < -0.39 is 0 Å². The van der Waals surface area contributed by atoms with Crippen molar-refractivity contribution in [3.05, 3.63) is 11.6 Å². The molecule has 0 fully saturated rings. The predicted octanol–water partition coefficient (Wildman–Crippen LogP) is 2.31. The van der Waals surface area contributed by atoms with Crippen LogP contribution in [-0.2, 0) is 0 Å².